The van der Waals surface area contributed by atoms with E-state index < -0.39 is 48.6 Å². The molecule has 0 radical (unpaired) electrons. The molecule has 4 aliphatic rings. The zero-order chi connectivity index (χ0) is 31.2. The summed E-state index contributed by atoms with van der Waals surface area (Å²) in [5, 5.41) is 0. The minimum absolute atomic E-state index is 0.0221. The first-order valence-electron chi connectivity index (χ1n) is 14.7. The van der Waals surface area contributed by atoms with Crippen molar-refractivity contribution in [3.05, 3.63) is 83.5 Å². The van der Waals surface area contributed by atoms with Gasteiger partial charge in [0.15, 0.2) is 6.29 Å². The maximum atomic E-state index is 14.4. The summed E-state index contributed by atoms with van der Waals surface area (Å²) in [7, 11) is 0. The Balaban J connectivity index is 1.17. The van der Waals surface area contributed by atoms with E-state index in [1.807, 2.05) is 0 Å². The second-order valence-electron chi connectivity index (χ2n) is 11.6. The van der Waals surface area contributed by atoms with Gasteiger partial charge in [0.1, 0.15) is 41.9 Å². The number of carbonyl (C=O) groups is 1. The molecule has 0 spiro atoms. The highest BCUT2D eigenvalue weighted by Crippen LogP contribution is 2.40. The quantitative estimate of drug-likeness (QED) is 0.428. The second-order valence-corrected chi connectivity index (χ2v) is 11.6. The Bertz CT molecular complexity index is 1520. The molecule has 1 aromatic heterocycles. The van der Waals surface area contributed by atoms with Crippen molar-refractivity contribution >= 4 is 17.5 Å². The Morgan fingerprint density at radius 1 is 1.11 bits per heavy atom. The van der Waals surface area contributed by atoms with Crippen LogP contribution in [0.5, 0.6) is 0 Å². The molecule has 6 rings (SSSR count). The Morgan fingerprint density at radius 3 is 2.66 bits per heavy atom. The van der Waals surface area contributed by atoms with Crippen molar-refractivity contribution in [3.8, 4) is 0 Å². The van der Waals surface area contributed by atoms with Crippen molar-refractivity contribution < 1.29 is 31.2 Å². The van der Waals surface area contributed by atoms with Crippen LogP contribution in [-0.4, -0.2) is 76.8 Å². The van der Waals surface area contributed by atoms with Gasteiger partial charge in [0, 0.05) is 17.3 Å². The van der Waals surface area contributed by atoms with E-state index in [4.69, 9.17) is 10.2 Å². The lowest BCUT2D eigenvalue weighted by Crippen LogP contribution is -2.63. The van der Waals surface area contributed by atoms with Gasteiger partial charge >= 0.3 is 6.18 Å². The van der Waals surface area contributed by atoms with E-state index >= 15 is 0 Å². The molecule has 1 aromatic carbocycles. The maximum absolute atomic E-state index is 14.4. The highest BCUT2D eigenvalue weighted by Gasteiger charge is 2.50. The molecular formula is C31H33F5N6O2. The van der Waals surface area contributed by atoms with Crippen LogP contribution in [0.25, 0.3) is 0 Å². The number of furan rings is 1. The third kappa shape index (κ3) is 5.94. The number of carbonyl (C=O) groups excluding carboxylic acids is 1. The highest BCUT2D eigenvalue weighted by atomic mass is 19.4. The first-order valence-corrected chi connectivity index (χ1v) is 14.7. The molecule has 1 amide bonds. The summed E-state index contributed by atoms with van der Waals surface area (Å²) in [6.45, 7) is 4.64. The van der Waals surface area contributed by atoms with Gasteiger partial charge in [-0.05, 0) is 87.5 Å². The standard InChI is InChI=1S/C31H33F5N6O2/c1-18-26(25-7-4-14-44-25)39-28-27-24(38-30(37)42(18)28)15-20(29(43)41(27)17-31(34,35)36)6-3-12-40-11-2-5-19(10-13-40)22-9-8-21(32)16-23(22)33/h4,7-9,14-16,19,26-27,30H,1-3,5-6,10-13,17,37H2. The molecular weight excluding hydrogens is 583 g/mol. The van der Waals surface area contributed by atoms with Gasteiger partial charge in [-0.1, -0.05) is 12.6 Å². The summed E-state index contributed by atoms with van der Waals surface area (Å²) < 4.78 is 74.6. The molecule has 0 bridgehead atoms. The Labute approximate surface area is 251 Å². The monoisotopic (exact) mass is 616 g/mol. The maximum Gasteiger partial charge on any atom is 0.406 e. The van der Waals surface area contributed by atoms with E-state index in [0.717, 1.165) is 30.4 Å². The van der Waals surface area contributed by atoms with Crippen LogP contribution in [0.1, 0.15) is 55.4 Å². The number of amides is 1. The van der Waals surface area contributed by atoms with E-state index in [1.165, 1.54) is 23.3 Å². The fraction of sp³-hybridized carbons (Fsp3) is 0.452. The lowest BCUT2D eigenvalue weighted by molar-refractivity contribution is -0.159. The van der Waals surface area contributed by atoms with Gasteiger partial charge in [-0.15, -0.1) is 0 Å². The van der Waals surface area contributed by atoms with Crippen molar-refractivity contribution in [1.29, 1.82) is 0 Å². The van der Waals surface area contributed by atoms with E-state index in [1.54, 1.807) is 18.2 Å². The van der Waals surface area contributed by atoms with Gasteiger partial charge in [0.2, 0.25) is 0 Å². The van der Waals surface area contributed by atoms with Crippen molar-refractivity contribution in [2.24, 2.45) is 15.7 Å². The Kier molecular flexibility index (Phi) is 8.18. The fourth-order valence-electron chi connectivity index (χ4n) is 6.65. The van der Waals surface area contributed by atoms with Gasteiger partial charge in [-0.2, -0.15) is 13.2 Å². The summed E-state index contributed by atoms with van der Waals surface area (Å²) in [4.78, 5) is 27.2. The van der Waals surface area contributed by atoms with Crippen LogP contribution >= 0.6 is 0 Å². The van der Waals surface area contributed by atoms with E-state index in [2.05, 4.69) is 21.5 Å². The van der Waals surface area contributed by atoms with Gasteiger partial charge in [-0.3, -0.25) is 20.4 Å². The molecule has 2 aromatic rings. The van der Waals surface area contributed by atoms with Gasteiger partial charge < -0.3 is 14.2 Å². The summed E-state index contributed by atoms with van der Waals surface area (Å²) in [5.74, 6) is -1.25. The normalized spacial score (nSPS) is 26.2. The first-order chi connectivity index (χ1) is 21.0. The van der Waals surface area contributed by atoms with Gasteiger partial charge in [0.25, 0.3) is 5.91 Å². The predicted octanol–water partition coefficient (Wildman–Crippen LogP) is 5.27. The zero-order valence-electron chi connectivity index (χ0n) is 23.9. The van der Waals surface area contributed by atoms with E-state index in [-0.39, 0.29) is 29.5 Å². The SMILES string of the molecule is C=C1C(c2ccco2)N=C2C3C(=NC(N)N12)C=C(CCCN1CCCC(c2ccc(F)cc2F)CC1)C(=O)N3CC(F)(F)F. The number of likely N-dealkylation sites (tertiary alicyclic amines) is 1. The first kappa shape index (κ1) is 30.2. The molecule has 1 fully saturated rings. The number of nitrogens with two attached hydrogens (primary N) is 1. The molecule has 2 N–H and O–H groups in total. The number of nitrogens with zero attached hydrogens (tertiary/aromatic N) is 5. The van der Waals surface area contributed by atoms with Crippen LogP contribution in [0, 0.1) is 11.6 Å². The lowest BCUT2D eigenvalue weighted by Gasteiger charge is -2.43. The molecule has 4 unspecified atom stereocenters. The second kappa shape index (κ2) is 11.9. The van der Waals surface area contributed by atoms with E-state index in [0.29, 0.717) is 43.0 Å². The summed E-state index contributed by atoms with van der Waals surface area (Å²) in [6.07, 6.45) is 0.457. The fourth-order valence-corrected chi connectivity index (χ4v) is 6.65. The lowest BCUT2D eigenvalue weighted by atomic mass is 9.91. The Morgan fingerprint density at radius 2 is 1.93 bits per heavy atom. The predicted molar refractivity (Wildman–Crippen MR) is 154 cm³/mol. The molecule has 0 saturated carbocycles. The Hall–Kier alpha value is -3.84. The number of halogens is 5. The number of fused-ring (bicyclic) bond motifs is 3. The smallest absolute Gasteiger partial charge is 0.406 e. The van der Waals surface area contributed by atoms with Gasteiger partial charge in [0.05, 0.1) is 12.0 Å². The molecule has 0 aliphatic carbocycles. The van der Waals surface area contributed by atoms with Crippen molar-refractivity contribution in [2.45, 2.75) is 62.6 Å². The summed E-state index contributed by atoms with van der Waals surface area (Å²) >= 11 is 0. The number of alkyl halides is 3. The average molecular weight is 617 g/mol. The number of aliphatic imine (C=N–C) groups is 2. The van der Waals surface area contributed by atoms with Crippen LogP contribution in [0.4, 0.5) is 22.0 Å². The highest BCUT2D eigenvalue weighted by molar-refractivity contribution is 6.23. The van der Waals surface area contributed by atoms with Crippen LogP contribution in [0.2, 0.25) is 0 Å². The number of hydrogen-bond donors (Lipinski definition) is 1. The average Bonchev–Trinajstić information content (AvgIpc) is 3.53. The van der Waals surface area contributed by atoms with Gasteiger partial charge in [-0.25, -0.2) is 13.8 Å². The summed E-state index contributed by atoms with van der Waals surface area (Å²) in [5.41, 5.74) is 7.73. The third-order valence-electron chi connectivity index (χ3n) is 8.68. The zero-order valence-corrected chi connectivity index (χ0v) is 23.9. The summed E-state index contributed by atoms with van der Waals surface area (Å²) in [6, 6.07) is 5.20. The topological polar surface area (TPSA) is 90.7 Å². The number of amidine groups is 1. The van der Waals surface area contributed by atoms with Crippen LogP contribution < -0.4 is 5.73 Å². The largest absolute Gasteiger partial charge is 0.467 e. The number of hydrogen-bond acceptors (Lipinski definition) is 7. The number of rotatable bonds is 7. The molecule has 8 nitrogen and oxygen atoms in total. The number of benzene rings is 1. The third-order valence-corrected chi connectivity index (χ3v) is 8.68. The molecule has 1 saturated heterocycles. The molecule has 13 heteroatoms. The minimum atomic E-state index is -4.66. The van der Waals surface area contributed by atoms with E-state index in [9.17, 15) is 26.7 Å². The molecule has 5 heterocycles. The molecule has 4 atom stereocenters. The van der Waals surface area contributed by atoms with Crippen molar-refractivity contribution in [3.63, 3.8) is 0 Å². The van der Waals surface area contributed by atoms with Crippen molar-refractivity contribution in [1.82, 2.24) is 14.7 Å². The van der Waals surface area contributed by atoms with Crippen LogP contribution in [0.3, 0.4) is 0 Å². The molecule has 234 valence electrons. The van der Waals surface area contributed by atoms with Crippen molar-refractivity contribution in [2.75, 3.05) is 26.2 Å². The minimum Gasteiger partial charge on any atom is -0.467 e. The van der Waals surface area contributed by atoms with Crippen LogP contribution in [-0.2, 0) is 4.79 Å². The van der Waals surface area contributed by atoms with Crippen LogP contribution in [0.15, 0.2) is 74.9 Å². The molecule has 4 aliphatic heterocycles. The molecule has 44 heavy (non-hydrogen) atoms.